The molecule has 2 aromatic rings. The van der Waals surface area contributed by atoms with Crippen LogP contribution in [-0.2, 0) is 26.0 Å². The van der Waals surface area contributed by atoms with Crippen LogP contribution >= 0.6 is 0 Å². The molecule has 0 aromatic heterocycles. The maximum absolute atomic E-state index is 14.0. The quantitative estimate of drug-likeness (QED) is 0.738. The Labute approximate surface area is 185 Å². The fourth-order valence-corrected chi connectivity index (χ4v) is 5.57. The zero-order valence-electron chi connectivity index (χ0n) is 17.3. The minimum absolute atomic E-state index is 0.0161. The highest BCUT2D eigenvalue weighted by atomic mass is 32.2. The van der Waals surface area contributed by atoms with Crippen LogP contribution in [0.3, 0.4) is 0 Å². The van der Waals surface area contributed by atoms with Crippen LogP contribution < -0.4 is 5.32 Å². The molecule has 1 atom stereocenters. The Morgan fingerprint density at radius 2 is 1.78 bits per heavy atom. The summed E-state index contributed by atoms with van der Waals surface area (Å²) < 4.78 is 53.5. The van der Waals surface area contributed by atoms with E-state index in [4.69, 9.17) is 0 Å². The van der Waals surface area contributed by atoms with Crippen molar-refractivity contribution in [2.24, 2.45) is 5.92 Å². The number of carbonyl (C=O) groups is 2. The third-order valence-electron chi connectivity index (χ3n) is 5.92. The minimum atomic E-state index is -4.12. The molecule has 1 saturated heterocycles. The number of hydrogen-bond acceptors (Lipinski definition) is 4. The molecule has 0 saturated carbocycles. The Morgan fingerprint density at radius 1 is 1.06 bits per heavy atom. The SMILES string of the molecule is O=C1Nc2ccccc2C[C@H]1CCC(=O)N1CCN(S(=O)(=O)c2ccc(F)cc2F)CC1. The number of halogens is 2. The molecule has 1 N–H and O–H groups in total. The van der Waals surface area contributed by atoms with Crippen molar-refractivity contribution in [1.82, 2.24) is 9.21 Å². The van der Waals surface area contributed by atoms with Gasteiger partial charge in [0.15, 0.2) is 0 Å². The number of rotatable bonds is 5. The standard InChI is InChI=1S/C22H23F2N3O4S/c23-17-6-7-20(18(24)14-17)32(30,31)27-11-9-26(10-12-27)21(28)8-5-16-13-15-3-1-2-4-19(15)25-22(16)29/h1-4,6-7,14,16H,5,8-13H2,(H,25,29)/t16-/m1/s1. The molecule has 0 bridgehead atoms. The molecule has 0 aliphatic carbocycles. The Hall–Kier alpha value is -2.85. The van der Waals surface area contributed by atoms with Crippen LogP contribution in [0.15, 0.2) is 47.4 Å². The topological polar surface area (TPSA) is 86.8 Å². The van der Waals surface area contributed by atoms with Gasteiger partial charge >= 0.3 is 0 Å². The number of anilines is 1. The number of piperazine rings is 1. The third kappa shape index (κ3) is 4.51. The highest BCUT2D eigenvalue weighted by Crippen LogP contribution is 2.28. The predicted molar refractivity (Wildman–Crippen MR) is 113 cm³/mol. The lowest BCUT2D eigenvalue weighted by molar-refractivity contribution is -0.132. The van der Waals surface area contributed by atoms with E-state index >= 15 is 0 Å². The molecule has 7 nitrogen and oxygen atoms in total. The maximum atomic E-state index is 14.0. The van der Waals surface area contributed by atoms with Crippen molar-refractivity contribution in [3.8, 4) is 0 Å². The average Bonchev–Trinajstić information content (AvgIpc) is 2.77. The highest BCUT2D eigenvalue weighted by molar-refractivity contribution is 7.89. The van der Waals surface area contributed by atoms with E-state index in [0.717, 1.165) is 27.7 Å². The largest absolute Gasteiger partial charge is 0.340 e. The van der Waals surface area contributed by atoms with E-state index in [-0.39, 0.29) is 50.3 Å². The van der Waals surface area contributed by atoms with Crippen molar-refractivity contribution in [2.75, 3.05) is 31.5 Å². The lowest BCUT2D eigenvalue weighted by atomic mass is 9.89. The number of nitrogens with zero attached hydrogens (tertiary/aromatic N) is 2. The summed E-state index contributed by atoms with van der Waals surface area (Å²) in [6.07, 6.45) is 1.16. The highest BCUT2D eigenvalue weighted by Gasteiger charge is 2.33. The van der Waals surface area contributed by atoms with Gasteiger partial charge in [-0.15, -0.1) is 0 Å². The summed E-state index contributed by atoms with van der Waals surface area (Å²) in [5.74, 6) is -2.55. The van der Waals surface area contributed by atoms with Crippen LogP contribution in [0, 0.1) is 17.6 Å². The van der Waals surface area contributed by atoms with Crippen molar-refractivity contribution < 1.29 is 26.8 Å². The van der Waals surface area contributed by atoms with Gasteiger partial charge in [-0.25, -0.2) is 17.2 Å². The lowest BCUT2D eigenvalue weighted by Crippen LogP contribution is -2.50. The Bertz CT molecular complexity index is 1150. The fraction of sp³-hybridized carbons (Fsp3) is 0.364. The number of carbonyl (C=O) groups excluding carboxylic acids is 2. The molecule has 170 valence electrons. The normalized spacial score (nSPS) is 19.4. The van der Waals surface area contributed by atoms with Gasteiger partial charge in [-0.2, -0.15) is 4.31 Å². The van der Waals surface area contributed by atoms with Crippen LogP contribution in [0.25, 0.3) is 0 Å². The van der Waals surface area contributed by atoms with Crippen molar-refractivity contribution in [1.29, 1.82) is 0 Å². The Kier molecular flexibility index (Phi) is 6.25. The second-order valence-corrected chi connectivity index (χ2v) is 9.85. The first kappa shape index (κ1) is 22.3. The summed E-state index contributed by atoms with van der Waals surface area (Å²) in [6.45, 7) is 0.367. The first-order chi connectivity index (χ1) is 15.3. The summed E-state index contributed by atoms with van der Waals surface area (Å²) in [6, 6.07) is 9.90. The van der Waals surface area contributed by atoms with Gasteiger partial charge in [-0.1, -0.05) is 18.2 Å². The number of para-hydroxylation sites is 1. The number of fused-ring (bicyclic) bond motifs is 1. The van der Waals surface area contributed by atoms with Crippen molar-refractivity contribution >= 4 is 27.5 Å². The number of sulfonamides is 1. The lowest BCUT2D eigenvalue weighted by Gasteiger charge is -2.34. The predicted octanol–water partition coefficient (Wildman–Crippen LogP) is 2.39. The summed E-state index contributed by atoms with van der Waals surface area (Å²) in [7, 11) is -4.12. The van der Waals surface area contributed by atoms with E-state index in [0.29, 0.717) is 18.9 Å². The second-order valence-electron chi connectivity index (χ2n) is 7.95. The average molecular weight is 464 g/mol. The van der Waals surface area contributed by atoms with Gasteiger partial charge in [-0.3, -0.25) is 9.59 Å². The van der Waals surface area contributed by atoms with Crippen LogP contribution in [0.2, 0.25) is 0 Å². The van der Waals surface area contributed by atoms with Crippen LogP contribution in [0.1, 0.15) is 18.4 Å². The van der Waals surface area contributed by atoms with Crippen LogP contribution in [0.5, 0.6) is 0 Å². The summed E-state index contributed by atoms with van der Waals surface area (Å²) >= 11 is 0. The van der Waals surface area contributed by atoms with Gasteiger partial charge in [0.25, 0.3) is 0 Å². The molecule has 1 fully saturated rings. The molecule has 10 heteroatoms. The zero-order chi connectivity index (χ0) is 22.9. The first-order valence-corrected chi connectivity index (χ1v) is 11.8. The van der Waals surface area contributed by atoms with Crippen LogP contribution in [0.4, 0.5) is 14.5 Å². The number of benzene rings is 2. The minimum Gasteiger partial charge on any atom is -0.340 e. The van der Waals surface area contributed by atoms with Gasteiger partial charge in [0.05, 0.1) is 0 Å². The molecule has 2 heterocycles. The first-order valence-electron chi connectivity index (χ1n) is 10.4. The van der Waals surface area contributed by atoms with Gasteiger partial charge in [0, 0.05) is 50.3 Å². The second kappa shape index (κ2) is 8.95. The molecule has 0 spiro atoms. The van der Waals surface area contributed by atoms with E-state index in [2.05, 4.69) is 5.32 Å². The molecular formula is C22H23F2N3O4S. The van der Waals surface area contributed by atoms with E-state index < -0.39 is 26.6 Å². The maximum Gasteiger partial charge on any atom is 0.246 e. The summed E-state index contributed by atoms with van der Waals surface area (Å²) in [5.41, 5.74) is 1.84. The van der Waals surface area contributed by atoms with Gasteiger partial charge < -0.3 is 10.2 Å². The van der Waals surface area contributed by atoms with Gasteiger partial charge in [0.1, 0.15) is 16.5 Å². The summed E-state index contributed by atoms with van der Waals surface area (Å²) in [4.78, 5) is 25.9. The third-order valence-corrected chi connectivity index (χ3v) is 7.85. The fourth-order valence-electron chi connectivity index (χ4n) is 4.10. The zero-order valence-corrected chi connectivity index (χ0v) is 18.1. The number of nitrogens with one attached hydrogen (secondary N) is 1. The van der Waals surface area contributed by atoms with Gasteiger partial charge in [-0.05, 0) is 36.6 Å². The molecular weight excluding hydrogens is 440 g/mol. The molecule has 2 aromatic carbocycles. The van der Waals surface area contributed by atoms with Crippen molar-refractivity contribution in [2.45, 2.75) is 24.2 Å². The molecule has 0 radical (unpaired) electrons. The molecule has 0 unspecified atom stereocenters. The molecule has 2 aliphatic heterocycles. The molecule has 4 rings (SSSR count). The number of amides is 2. The van der Waals surface area contributed by atoms with Gasteiger partial charge in [0.2, 0.25) is 21.8 Å². The van der Waals surface area contributed by atoms with Crippen LogP contribution in [-0.4, -0.2) is 55.6 Å². The molecule has 32 heavy (non-hydrogen) atoms. The van der Waals surface area contributed by atoms with E-state index in [9.17, 15) is 26.8 Å². The molecule has 2 amide bonds. The molecule has 2 aliphatic rings. The smallest absolute Gasteiger partial charge is 0.246 e. The Balaban J connectivity index is 1.31. The van der Waals surface area contributed by atoms with E-state index in [1.807, 2.05) is 24.3 Å². The van der Waals surface area contributed by atoms with Crippen molar-refractivity contribution in [3.05, 3.63) is 59.7 Å². The number of hydrogen-bond donors (Lipinski definition) is 1. The van der Waals surface area contributed by atoms with E-state index in [1.165, 1.54) is 0 Å². The van der Waals surface area contributed by atoms with Crippen molar-refractivity contribution in [3.63, 3.8) is 0 Å². The summed E-state index contributed by atoms with van der Waals surface area (Å²) in [5, 5.41) is 2.87. The Morgan fingerprint density at radius 3 is 2.50 bits per heavy atom. The van der Waals surface area contributed by atoms with E-state index in [1.54, 1.807) is 4.90 Å². The monoisotopic (exact) mass is 463 g/mol.